The van der Waals surface area contributed by atoms with Crippen LogP contribution in [0.15, 0.2) is 6.07 Å². The molecule has 0 aliphatic rings. The fraction of sp³-hybridized carbons (Fsp3) is 0.769. The van der Waals surface area contributed by atoms with Crippen molar-refractivity contribution in [3.05, 3.63) is 17.5 Å². The van der Waals surface area contributed by atoms with Gasteiger partial charge in [-0.25, -0.2) is 0 Å². The highest BCUT2D eigenvalue weighted by Gasteiger charge is 2.17. The molecule has 0 aliphatic carbocycles. The summed E-state index contributed by atoms with van der Waals surface area (Å²) in [5, 5.41) is 4.47. The third kappa shape index (κ3) is 3.82. The van der Waals surface area contributed by atoms with Gasteiger partial charge < -0.3 is 0 Å². The Morgan fingerprint density at radius 3 is 2.65 bits per heavy atom. The number of aryl methyl sites for hydroxylation is 2. The van der Waals surface area contributed by atoms with Crippen LogP contribution in [0.3, 0.4) is 0 Å². The lowest BCUT2D eigenvalue weighted by Crippen LogP contribution is -2.41. The summed E-state index contributed by atoms with van der Waals surface area (Å²) in [7, 11) is 2.01. The van der Waals surface area contributed by atoms with E-state index in [0.717, 1.165) is 18.5 Å². The molecule has 4 heteroatoms. The van der Waals surface area contributed by atoms with Crippen LogP contribution in [0.5, 0.6) is 0 Å². The highest BCUT2D eigenvalue weighted by molar-refractivity contribution is 5.11. The summed E-state index contributed by atoms with van der Waals surface area (Å²) in [4.78, 5) is 0. The normalized spacial score (nSPS) is 14.9. The van der Waals surface area contributed by atoms with Crippen molar-refractivity contribution in [1.82, 2.24) is 15.2 Å². The third-order valence-electron chi connectivity index (χ3n) is 3.46. The minimum absolute atomic E-state index is 0.329. The monoisotopic (exact) mass is 238 g/mol. The molecule has 0 bridgehead atoms. The standard InChI is InChI=1S/C13H26N4/c1-5-7-10(3)13(15-14)9-12-8-11(6-2)16-17(12)4/h8,10,13,15H,5-7,9,14H2,1-4H3. The van der Waals surface area contributed by atoms with E-state index >= 15 is 0 Å². The summed E-state index contributed by atoms with van der Waals surface area (Å²) in [5.74, 6) is 6.25. The van der Waals surface area contributed by atoms with E-state index in [-0.39, 0.29) is 0 Å². The second-order valence-electron chi connectivity index (χ2n) is 4.85. The number of nitrogens with zero attached hydrogens (tertiary/aromatic N) is 2. The number of hydrogen-bond acceptors (Lipinski definition) is 3. The molecule has 0 saturated carbocycles. The van der Waals surface area contributed by atoms with Crippen molar-refractivity contribution in [2.24, 2.45) is 18.8 Å². The molecule has 2 atom stereocenters. The zero-order chi connectivity index (χ0) is 12.8. The first-order valence-corrected chi connectivity index (χ1v) is 6.60. The van der Waals surface area contributed by atoms with Gasteiger partial charge in [-0.2, -0.15) is 5.10 Å². The maximum absolute atomic E-state index is 5.66. The molecule has 2 unspecified atom stereocenters. The van der Waals surface area contributed by atoms with Gasteiger partial charge in [0.25, 0.3) is 0 Å². The molecule has 0 saturated heterocycles. The number of nitrogens with two attached hydrogens (primary N) is 1. The average Bonchev–Trinajstić information content (AvgIpc) is 2.67. The summed E-state index contributed by atoms with van der Waals surface area (Å²) < 4.78 is 1.97. The van der Waals surface area contributed by atoms with Crippen LogP contribution < -0.4 is 11.3 Å². The predicted molar refractivity (Wildman–Crippen MR) is 71.5 cm³/mol. The van der Waals surface area contributed by atoms with Crippen molar-refractivity contribution in [3.8, 4) is 0 Å². The van der Waals surface area contributed by atoms with Gasteiger partial charge in [0.1, 0.15) is 0 Å². The molecule has 17 heavy (non-hydrogen) atoms. The summed E-state index contributed by atoms with van der Waals surface area (Å²) in [6.07, 6.45) is 4.33. The predicted octanol–water partition coefficient (Wildman–Crippen LogP) is 1.79. The van der Waals surface area contributed by atoms with E-state index in [1.165, 1.54) is 18.5 Å². The molecule has 4 nitrogen and oxygen atoms in total. The molecule has 1 aromatic rings. The summed E-state index contributed by atoms with van der Waals surface area (Å²) in [6.45, 7) is 6.60. The summed E-state index contributed by atoms with van der Waals surface area (Å²) in [5.41, 5.74) is 5.36. The molecule has 0 fully saturated rings. The van der Waals surface area contributed by atoms with Crippen molar-refractivity contribution in [2.75, 3.05) is 0 Å². The van der Waals surface area contributed by atoms with E-state index in [1.54, 1.807) is 0 Å². The maximum atomic E-state index is 5.66. The van der Waals surface area contributed by atoms with Crippen LogP contribution in [0.1, 0.15) is 45.0 Å². The highest BCUT2D eigenvalue weighted by atomic mass is 15.3. The van der Waals surface area contributed by atoms with Crippen LogP contribution in [0.25, 0.3) is 0 Å². The maximum Gasteiger partial charge on any atom is 0.0624 e. The third-order valence-corrected chi connectivity index (χ3v) is 3.46. The largest absolute Gasteiger partial charge is 0.272 e. The van der Waals surface area contributed by atoms with Gasteiger partial charge in [0, 0.05) is 25.2 Å². The zero-order valence-corrected chi connectivity index (χ0v) is 11.5. The molecule has 98 valence electrons. The van der Waals surface area contributed by atoms with Gasteiger partial charge >= 0.3 is 0 Å². The van der Waals surface area contributed by atoms with Crippen molar-refractivity contribution >= 4 is 0 Å². The molecule has 0 radical (unpaired) electrons. The van der Waals surface area contributed by atoms with Crippen molar-refractivity contribution in [3.63, 3.8) is 0 Å². The molecule has 1 aromatic heterocycles. The Kier molecular flexibility index (Phi) is 5.65. The second-order valence-corrected chi connectivity index (χ2v) is 4.85. The fourth-order valence-electron chi connectivity index (χ4n) is 2.24. The van der Waals surface area contributed by atoms with Gasteiger partial charge in [-0.1, -0.05) is 27.2 Å². The van der Waals surface area contributed by atoms with Crippen LogP contribution >= 0.6 is 0 Å². The first-order valence-electron chi connectivity index (χ1n) is 6.60. The van der Waals surface area contributed by atoms with Crippen LogP contribution in [0.2, 0.25) is 0 Å². The SMILES string of the molecule is CCCC(C)C(Cc1cc(CC)nn1C)NN. The summed E-state index contributed by atoms with van der Waals surface area (Å²) in [6, 6.07) is 2.51. The molecule has 0 aliphatic heterocycles. The smallest absolute Gasteiger partial charge is 0.0624 e. The Hall–Kier alpha value is -0.870. The molecular weight excluding hydrogens is 212 g/mol. The Morgan fingerprint density at radius 2 is 2.18 bits per heavy atom. The number of aromatic nitrogens is 2. The zero-order valence-electron chi connectivity index (χ0n) is 11.5. The number of hydrogen-bond donors (Lipinski definition) is 2. The molecule has 0 amide bonds. The van der Waals surface area contributed by atoms with Gasteiger partial charge in [0.2, 0.25) is 0 Å². The van der Waals surface area contributed by atoms with E-state index in [9.17, 15) is 0 Å². The van der Waals surface area contributed by atoms with Gasteiger partial charge in [0.15, 0.2) is 0 Å². The van der Waals surface area contributed by atoms with E-state index in [4.69, 9.17) is 5.84 Å². The fourth-order valence-corrected chi connectivity index (χ4v) is 2.24. The lowest BCUT2D eigenvalue weighted by atomic mass is 9.93. The van der Waals surface area contributed by atoms with Gasteiger partial charge in [0.05, 0.1) is 5.69 Å². The Morgan fingerprint density at radius 1 is 1.47 bits per heavy atom. The highest BCUT2D eigenvalue weighted by Crippen LogP contribution is 2.15. The van der Waals surface area contributed by atoms with Gasteiger partial charge in [-0.15, -0.1) is 0 Å². The van der Waals surface area contributed by atoms with E-state index in [2.05, 4.69) is 37.4 Å². The molecular formula is C13H26N4. The van der Waals surface area contributed by atoms with Crippen LogP contribution in [0.4, 0.5) is 0 Å². The number of hydrazine groups is 1. The first kappa shape index (κ1) is 14.2. The summed E-state index contributed by atoms with van der Waals surface area (Å²) >= 11 is 0. The Balaban J connectivity index is 2.69. The first-order chi connectivity index (χ1) is 8.12. The molecule has 0 spiro atoms. The van der Waals surface area contributed by atoms with Gasteiger partial charge in [-0.3, -0.25) is 16.0 Å². The average molecular weight is 238 g/mol. The molecule has 1 rings (SSSR count). The van der Waals surface area contributed by atoms with Crippen molar-refractivity contribution in [1.29, 1.82) is 0 Å². The minimum atomic E-state index is 0.329. The quantitative estimate of drug-likeness (QED) is 0.562. The van der Waals surface area contributed by atoms with Crippen LogP contribution in [-0.4, -0.2) is 15.8 Å². The van der Waals surface area contributed by atoms with Crippen molar-refractivity contribution < 1.29 is 0 Å². The van der Waals surface area contributed by atoms with E-state index in [1.807, 2.05) is 11.7 Å². The number of rotatable bonds is 7. The topological polar surface area (TPSA) is 55.9 Å². The van der Waals surface area contributed by atoms with E-state index < -0.39 is 0 Å². The van der Waals surface area contributed by atoms with Crippen LogP contribution in [0, 0.1) is 5.92 Å². The minimum Gasteiger partial charge on any atom is -0.272 e. The Labute approximate surface area is 105 Å². The number of nitrogens with one attached hydrogen (secondary N) is 1. The molecule has 3 N–H and O–H groups in total. The lowest BCUT2D eigenvalue weighted by Gasteiger charge is -2.22. The van der Waals surface area contributed by atoms with Crippen molar-refractivity contribution in [2.45, 2.75) is 52.5 Å². The Bertz CT molecular complexity index is 332. The van der Waals surface area contributed by atoms with Gasteiger partial charge in [-0.05, 0) is 24.8 Å². The van der Waals surface area contributed by atoms with E-state index in [0.29, 0.717) is 12.0 Å². The lowest BCUT2D eigenvalue weighted by molar-refractivity contribution is 0.351. The molecule has 0 aromatic carbocycles. The molecule has 1 heterocycles. The van der Waals surface area contributed by atoms with Crippen LogP contribution in [-0.2, 0) is 19.9 Å². The second kappa shape index (κ2) is 6.77.